The molecule has 2 bridgehead atoms. The molecule has 3 aliphatic heterocycles. The summed E-state index contributed by atoms with van der Waals surface area (Å²) in [6.07, 6.45) is 1.11. The molecule has 1 aromatic rings. The molecule has 8 nitrogen and oxygen atoms in total. The standard InChI is InChI=1S/C22H29N3O5/c1-12-6-5-7-13(2)16(12)24-19(28)17-22-9-8-21(3,30-22)14(18(27)23-4)15(22)20(29)25(17)10-11-26/h5-7,14-15,17,26H,8-11H2,1-4H3,(H,23,27)(H,24,28)/t14-,15+,17?,21+,22?/m1/s1. The number of rotatable bonds is 5. The van der Waals surface area contributed by atoms with Gasteiger partial charge in [0.15, 0.2) is 0 Å². The van der Waals surface area contributed by atoms with E-state index in [2.05, 4.69) is 10.6 Å². The maximum atomic E-state index is 13.6. The van der Waals surface area contributed by atoms with Crippen molar-refractivity contribution < 1.29 is 24.2 Å². The molecule has 3 saturated heterocycles. The van der Waals surface area contributed by atoms with Crippen molar-refractivity contribution in [3.8, 4) is 0 Å². The second-order valence-electron chi connectivity index (χ2n) is 8.85. The van der Waals surface area contributed by atoms with Crippen LogP contribution in [0.5, 0.6) is 0 Å². The van der Waals surface area contributed by atoms with Crippen molar-refractivity contribution in [1.29, 1.82) is 0 Å². The van der Waals surface area contributed by atoms with E-state index in [9.17, 15) is 19.5 Å². The van der Waals surface area contributed by atoms with Gasteiger partial charge in [0.2, 0.25) is 17.7 Å². The van der Waals surface area contributed by atoms with Crippen molar-refractivity contribution in [3.63, 3.8) is 0 Å². The van der Waals surface area contributed by atoms with Gasteiger partial charge in [0.05, 0.1) is 24.0 Å². The Morgan fingerprint density at radius 1 is 1.23 bits per heavy atom. The summed E-state index contributed by atoms with van der Waals surface area (Å²) in [5.74, 6) is -2.31. The van der Waals surface area contributed by atoms with Crippen LogP contribution in [0.3, 0.4) is 0 Å². The molecule has 30 heavy (non-hydrogen) atoms. The van der Waals surface area contributed by atoms with Crippen LogP contribution in [-0.4, -0.2) is 65.2 Å². The molecule has 0 radical (unpaired) electrons. The molecule has 2 unspecified atom stereocenters. The van der Waals surface area contributed by atoms with Crippen LogP contribution in [0.4, 0.5) is 5.69 Å². The maximum Gasteiger partial charge on any atom is 0.250 e. The topological polar surface area (TPSA) is 108 Å². The second kappa shape index (κ2) is 7.06. The number of aliphatic hydroxyl groups excluding tert-OH is 1. The van der Waals surface area contributed by atoms with E-state index in [1.54, 1.807) is 7.05 Å². The first-order valence-corrected chi connectivity index (χ1v) is 10.4. The molecule has 1 spiro atoms. The predicted octanol–water partition coefficient (Wildman–Crippen LogP) is 0.745. The van der Waals surface area contributed by atoms with Crippen LogP contribution in [0, 0.1) is 25.7 Å². The fourth-order valence-corrected chi connectivity index (χ4v) is 5.83. The van der Waals surface area contributed by atoms with Crippen LogP contribution in [0.15, 0.2) is 18.2 Å². The Labute approximate surface area is 176 Å². The summed E-state index contributed by atoms with van der Waals surface area (Å²) in [4.78, 5) is 41.1. The number of nitrogens with one attached hydrogen (secondary N) is 2. The van der Waals surface area contributed by atoms with Gasteiger partial charge in [0.1, 0.15) is 11.6 Å². The minimum Gasteiger partial charge on any atom is -0.395 e. The summed E-state index contributed by atoms with van der Waals surface area (Å²) in [5.41, 5.74) is 0.687. The van der Waals surface area contributed by atoms with Gasteiger partial charge in [-0.2, -0.15) is 0 Å². The molecule has 0 aliphatic carbocycles. The van der Waals surface area contributed by atoms with Gasteiger partial charge in [-0.1, -0.05) is 18.2 Å². The molecular formula is C22H29N3O5. The number of benzene rings is 1. The Bertz CT molecular complexity index is 898. The van der Waals surface area contributed by atoms with E-state index >= 15 is 0 Å². The van der Waals surface area contributed by atoms with Gasteiger partial charge >= 0.3 is 0 Å². The molecule has 3 heterocycles. The van der Waals surface area contributed by atoms with Gasteiger partial charge in [-0.15, -0.1) is 0 Å². The van der Waals surface area contributed by atoms with Crippen molar-refractivity contribution in [3.05, 3.63) is 29.3 Å². The summed E-state index contributed by atoms with van der Waals surface area (Å²) >= 11 is 0. The lowest BCUT2D eigenvalue weighted by molar-refractivity contribution is -0.144. The first-order valence-electron chi connectivity index (χ1n) is 10.4. The zero-order valence-corrected chi connectivity index (χ0v) is 17.8. The smallest absolute Gasteiger partial charge is 0.250 e. The normalized spacial score (nSPS) is 34.2. The van der Waals surface area contributed by atoms with Crippen molar-refractivity contribution in [2.45, 2.75) is 50.9 Å². The molecule has 4 rings (SSSR count). The number of hydrogen-bond donors (Lipinski definition) is 3. The molecule has 0 aromatic heterocycles. The number of nitrogens with zero attached hydrogens (tertiary/aromatic N) is 1. The fraction of sp³-hybridized carbons (Fsp3) is 0.591. The van der Waals surface area contributed by atoms with E-state index in [-0.39, 0.29) is 30.9 Å². The van der Waals surface area contributed by atoms with Crippen molar-refractivity contribution >= 4 is 23.4 Å². The summed E-state index contributed by atoms with van der Waals surface area (Å²) in [6.45, 7) is 5.42. The van der Waals surface area contributed by atoms with E-state index in [1.807, 2.05) is 39.0 Å². The molecular weight excluding hydrogens is 386 g/mol. The van der Waals surface area contributed by atoms with Crippen LogP contribution in [0.25, 0.3) is 0 Å². The number of carbonyl (C=O) groups excluding carboxylic acids is 3. The number of ether oxygens (including phenoxy) is 1. The quantitative estimate of drug-likeness (QED) is 0.658. The molecule has 3 fully saturated rings. The number of anilines is 1. The van der Waals surface area contributed by atoms with E-state index in [4.69, 9.17) is 4.74 Å². The van der Waals surface area contributed by atoms with E-state index in [0.717, 1.165) is 11.1 Å². The number of amides is 3. The van der Waals surface area contributed by atoms with Crippen molar-refractivity contribution in [2.75, 3.05) is 25.5 Å². The SMILES string of the molecule is CNC(=O)[C@H]1[C@H]2C(=O)N(CCO)C(C(=O)Nc3c(C)cccc3C)C23CC[C@]1(C)O3. The Hall–Kier alpha value is -2.45. The van der Waals surface area contributed by atoms with E-state index in [1.165, 1.54) is 4.90 Å². The van der Waals surface area contributed by atoms with Crippen LogP contribution in [-0.2, 0) is 19.1 Å². The summed E-state index contributed by atoms with van der Waals surface area (Å²) in [6, 6.07) is 4.84. The molecule has 5 atom stereocenters. The zero-order chi connectivity index (χ0) is 21.8. The number of hydrogen-bond acceptors (Lipinski definition) is 5. The lowest BCUT2D eigenvalue weighted by Crippen LogP contribution is -2.53. The van der Waals surface area contributed by atoms with Gasteiger partial charge in [-0.3, -0.25) is 14.4 Å². The van der Waals surface area contributed by atoms with Crippen molar-refractivity contribution in [1.82, 2.24) is 10.2 Å². The third kappa shape index (κ3) is 2.70. The highest BCUT2D eigenvalue weighted by atomic mass is 16.5. The Kier molecular flexibility index (Phi) is 4.90. The Morgan fingerprint density at radius 3 is 2.50 bits per heavy atom. The summed E-state index contributed by atoms with van der Waals surface area (Å²) in [5, 5.41) is 15.2. The average Bonchev–Trinajstić information content (AvgIpc) is 3.26. The van der Waals surface area contributed by atoms with Crippen LogP contribution in [0.1, 0.15) is 30.9 Å². The number of likely N-dealkylation sites (tertiary alicyclic amines) is 1. The van der Waals surface area contributed by atoms with Gasteiger partial charge in [-0.25, -0.2) is 0 Å². The third-order valence-corrected chi connectivity index (χ3v) is 7.12. The largest absolute Gasteiger partial charge is 0.395 e. The Morgan fingerprint density at radius 2 is 1.90 bits per heavy atom. The number of para-hydroxylation sites is 1. The van der Waals surface area contributed by atoms with Gasteiger partial charge < -0.3 is 25.4 Å². The number of fused-ring (bicyclic) bond motifs is 1. The second-order valence-corrected chi connectivity index (χ2v) is 8.85. The van der Waals surface area contributed by atoms with Crippen molar-refractivity contribution in [2.24, 2.45) is 11.8 Å². The lowest BCUT2D eigenvalue weighted by Gasteiger charge is -2.33. The lowest BCUT2D eigenvalue weighted by atomic mass is 9.66. The number of carbonyl (C=O) groups is 3. The summed E-state index contributed by atoms with van der Waals surface area (Å²) < 4.78 is 6.42. The number of aliphatic hydroxyl groups is 1. The minimum atomic E-state index is -1.07. The van der Waals surface area contributed by atoms with E-state index < -0.39 is 29.1 Å². The first-order chi connectivity index (χ1) is 14.2. The maximum absolute atomic E-state index is 13.6. The number of β-amino-alcohol motifs (C(OH)–C–C–N with tert-alkyl or cyclic N) is 1. The molecule has 3 aliphatic rings. The first kappa shape index (κ1) is 20.8. The fourth-order valence-electron chi connectivity index (χ4n) is 5.83. The average molecular weight is 415 g/mol. The molecule has 0 saturated carbocycles. The van der Waals surface area contributed by atoms with Crippen LogP contribution in [0.2, 0.25) is 0 Å². The monoisotopic (exact) mass is 415 g/mol. The highest BCUT2D eigenvalue weighted by molar-refractivity contribution is 6.04. The molecule has 1 aromatic carbocycles. The minimum absolute atomic E-state index is 0.0163. The highest BCUT2D eigenvalue weighted by Gasteiger charge is 2.77. The van der Waals surface area contributed by atoms with Gasteiger partial charge in [0.25, 0.3) is 0 Å². The van der Waals surface area contributed by atoms with Crippen LogP contribution >= 0.6 is 0 Å². The summed E-state index contributed by atoms with van der Waals surface area (Å²) in [7, 11) is 1.54. The third-order valence-electron chi connectivity index (χ3n) is 7.12. The van der Waals surface area contributed by atoms with Crippen LogP contribution < -0.4 is 10.6 Å². The molecule has 3 amide bonds. The van der Waals surface area contributed by atoms with Gasteiger partial charge in [0, 0.05) is 19.3 Å². The molecule has 8 heteroatoms. The molecule has 3 N–H and O–H groups in total. The zero-order valence-electron chi connectivity index (χ0n) is 17.8. The highest BCUT2D eigenvalue weighted by Crippen LogP contribution is 2.63. The predicted molar refractivity (Wildman–Crippen MR) is 110 cm³/mol. The molecule has 162 valence electrons. The van der Waals surface area contributed by atoms with E-state index in [0.29, 0.717) is 18.5 Å². The Balaban J connectivity index is 1.76. The number of aryl methyl sites for hydroxylation is 2. The van der Waals surface area contributed by atoms with Gasteiger partial charge in [-0.05, 0) is 44.7 Å².